The molecular weight excluding hydrogens is 232 g/mol. The first-order chi connectivity index (χ1) is 7.96. The lowest BCUT2D eigenvalue weighted by Gasteiger charge is -2.18. The van der Waals surface area contributed by atoms with E-state index in [0.717, 1.165) is 6.54 Å². The highest BCUT2D eigenvalue weighted by atomic mass is 35.5. The molecule has 1 fully saturated rings. The summed E-state index contributed by atoms with van der Waals surface area (Å²) < 4.78 is 0. The molecule has 17 heavy (non-hydrogen) atoms. The van der Waals surface area contributed by atoms with Gasteiger partial charge in [-0.2, -0.15) is 0 Å². The Balaban J connectivity index is 1.88. The number of nitrogens with two attached hydrogens (primary N) is 1. The molecular formula is C14H21ClN2. The molecule has 0 radical (unpaired) electrons. The average Bonchev–Trinajstić information content (AvgIpc) is 2.60. The number of hydrogen-bond acceptors (Lipinski definition) is 2. The van der Waals surface area contributed by atoms with E-state index in [0.29, 0.717) is 22.2 Å². The number of nitrogens with one attached hydrogen (secondary N) is 1. The maximum Gasteiger partial charge on any atom is 0.0635 e. The summed E-state index contributed by atoms with van der Waals surface area (Å²) in [6.45, 7) is 5.56. The molecule has 3 N–H and O–H groups in total. The van der Waals surface area contributed by atoms with Crippen LogP contribution in [0, 0.1) is 5.41 Å². The number of anilines is 1. The van der Waals surface area contributed by atoms with Gasteiger partial charge in [0, 0.05) is 12.6 Å². The number of hydrogen-bond donors (Lipinski definition) is 2. The third kappa shape index (κ3) is 3.36. The second-order valence-corrected chi connectivity index (χ2v) is 6.25. The van der Waals surface area contributed by atoms with Crippen LogP contribution in [0.25, 0.3) is 0 Å². The number of benzene rings is 1. The molecule has 0 bridgehead atoms. The van der Waals surface area contributed by atoms with Crippen molar-refractivity contribution in [2.24, 2.45) is 5.41 Å². The zero-order chi connectivity index (χ0) is 12.5. The Hall–Kier alpha value is -0.730. The molecule has 0 amide bonds. The molecule has 0 spiro atoms. The third-order valence-electron chi connectivity index (χ3n) is 3.62. The van der Waals surface area contributed by atoms with Crippen LogP contribution in [-0.4, -0.2) is 6.04 Å². The summed E-state index contributed by atoms with van der Waals surface area (Å²) in [7, 11) is 0. The summed E-state index contributed by atoms with van der Waals surface area (Å²) in [6.07, 6.45) is 3.85. The molecule has 1 saturated carbocycles. The van der Waals surface area contributed by atoms with Gasteiger partial charge in [0.25, 0.3) is 0 Å². The Kier molecular flexibility index (Phi) is 3.64. The van der Waals surface area contributed by atoms with E-state index in [4.69, 9.17) is 17.3 Å². The average molecular weight is 253 g/mol. The topological polar surface area (TPSA) is 38.0 Å². The van der Waals surface area contributed by atoms with Crippen molar-refractivity contribution in [2.75, 3.05) is 5.73 Å². The first-order valence-electron chi connectivity index (χ1n) is 6.24. The van der Waals surface area contributed by atoms with Crippen molar-refractivity contribution in [1.29, 1.82) is 0 Å². The second-order valence-electron chi connectivity index (χ2n) is 5.84. The maximum absolute atomic E-state index is 5.90. The number of nitrogen functional groups attached to an aromatic ring is 1. The molecule has 0 aliphatic heterocycles. The Morgan fingerprint density at radius 1 is 1.47 bits per heavy atom. The van der Waals surface area contributed by atoms with Crippen molar-refractivity contribution in [1.82, 2.24) is 5.32 Å². The largest absolute Gasteiger partial charge is 0.398 e. The molecule has 0 aromatic heterocycles. The smallest absolute Gasteiger partial charge is 0.0635 e. The van der Waals surface area contributed by atoms with E-state index >= 15 is 0 Å². The van der Waals surface area contributed by atoms with Crippen molar-refractivity contribution in [2.45, 2.75) is 45.7 Å². The van der Waals surface area contributed by atoms with E-state index in [1.165, 1.54) is 24.8 Å². The fourth-order valence-electron chi connectivity index (χ4n) is 2.58. The monoisotopic (exact) mass is 252 g/mol. The van der Waals surface area contributed by atoms with Crippen LogP contribution in [0.3, 0.4) is 0 Å². The van der Waals surface area contributed by atoms with Crippen LogP contribution in [0.5, 0.6) is 0 Å². The number of rotatable bonds is 3. The molecule has 1 atom stereocenters. The predicted molar refractivity (Wildman–Crippen MR) is 74.1 cm³/mol. The fraction of sp³-hybridized carbons (Fsp3) is 0.571. The highest BCUT2D eigenvalue weighted by Crippen LogP contribution is 2.37. The summed E-state index contributed by atoms with van der Waals surface area (Å²) in [5, 5.41) is 4.24. The molecule has 2 nitrogen and oxygen atoms in total. The molecule has 1 aromatic rings. The lowest BCUT2D eigenvalue weighted by molar-refractivity contribution is 0.364. The molecule has 94 valence electrons. The van der Waals surface area contributed by atoms with Crippen molar-refractivity contribution in [3.05, 3.63) is 28.8 Å². The maximum atomic E-state index is 5.90. The third-order valence-corrected chi connectivity index (χ3v) is 3.97. The van der Waals surface area contributed by atoms with Gasteiger partial charge in [-0.25, -0.2) is 0 Å². The molecule has 1 aromatic carbocycles. The first-order valence-corrected chi connectivity index (χ1v) is 6.61. The first kappa shape index (κ1) is 12.7. The van der Waals surface area contributed by atoms with Crippen LogP contribution in [0.4, 0.5) is 5.69 Å². The molecule has 0 heterocycles. The van der Waals surface area contributed by atoms with Crippen LogP contribution < -0.4 is 11.1 Å². The van der Waals surface area contributed by atoms with Gasteiger partial charge in [-0.15, -0.1) is 0 Å². The molecule has 1 unspecified atom stereocenters. The lowest BCUT2D eigenvalue weighted by Crippen LogP contribution is -2.26. The summed E-state index contributed by atoms with van der Waals surface area (Å²) >= 11 is 5.90. The van der Waals surface area contributed by atoms with Crippen molar-refractivity contribution in [3.8, 4) is 0 Å². The van der Waals surface area contributed by atoms with Crippen LogP contribution in [0.15, 0.2) is 18.2 Å². The van der Waals surface area contributed by atoms with Gasteiger partial charge in [0.1, 0.15) is 0 Å². The normalized spacial score (nSPS) is 22.9. The Morgan fingerprint density at radius 2 is 2.24 bits per heavy atom. The summed E-state index contributed by atoms with van der Waals surface area (Å²) in [5.41, 5.74) is 8.15. The molecule has 3 heteroatoms. The van der Waals surface area contributed by atoms with E-state index in [-0.39, 0.29) is 0 Å². The summed E-state index contributed by atoms with van der Waals surface area (Å²) in [5.74, 6) is 0. The second kappa shape index (κ2) is 4.87. The minimum absolute atomic E-state index is 0.497. The van der Waals surface area contributed by atoms with Gasteiger partial charge in [-0.1, -0.05) is 31.5 Å². The zero-order valence-corrected chi connectivity index (χ0v) is 11.3. The van der Waals surface area contributed by atoms with Gasteiger partial charge in [-0.3, -0.25) is 0 Å². The fourth-order valence-corrected chi connectivity index (χ4v) is 2.69. The summed E-state index contributed by atoms with van der Waals surface area (Å²) in [4.78, 5) is 0. The van der Waals surface area contributed by atoms with Crippen LogP contribution >= 0.6 is 11.6 Å². The Labute approximate surface area is 109 Å². The van der Waals surface area contributed by atoms with Crippen LogP contribution in [0.1, 0.15) is 38.7 Å². The number of halogens is 1. The standard InChI is InChI=1S/C14H21ClN2/c1-14(2)6-5-11(8-14)17-9-10-3-4-12(15)13(16)7-10/h3-4,7,11,17H,5-6,8-9,16H2,1-2H3. The van der Waals surface area contributed by atoms with Gasteiger partial charge in [-0.05, 0) is 42.4 Å². The van der Waals surface area contributed by atoms with Gasteiger partial charge in [0.15, 0.2) is 0 Å². The van der Waals surface area contributed by atoms with Crippen LogP contribution in [0.2, 0.25) is 5.02 Å². The van der Waals surface area contributed by atoms with Gasteiger partial charge in [0.05, 0.1) is 10.7 Å². The lowest BCUT2D eigenvalue weighted by atomic mass is 9.92. The minimum atomic E-state index is 0.497. The SMILES string of the molecule is CC1(C)CCC(NCc2ccc(Cl)c(N)c2)C1. The van der Waals surface area contributed by atoms with E-state index in [2.05, 4.69) is 19.2 Å². The van der Waals surface area contributed by atoms with Crippen LogP contribution in [-0.2, 0) is 6.54 Å². The highest BCUT2D eigenvalue weighted by molar-refractivity contribution is 6.33. The van der Waals surface area contributed by atoms with Crippen molar-refractivity contribution >= 4 is 17.3 Å². The van der Waals surface area contributed by atoms with Gasteiger partial charge >= 0.3 is 0 Å². The van der Waals surface area contributed by atoms with Crippen molar-refractivity contribution < 1.29 is 0 Å². The minimum Gasteiger partial charge on any atom is -0.398 e. The zero-order valence-electron chi connectivity index (χ0n) is 10.6. The predicted octanol–water partition coefficient (Wildman–Crippen LogP) is 3.59. The van der Waals surface area contributed by atoms with E-state index < -0.39 is 0 Å². The molecule has 2 rings (SSSR count). The van der Waals surface area contributed by atoms with E-state index in [9.17, 15) is 0 Å². The van der Waals surface area contributed by atoms with Crippen molar-refractivity contribution in [3.63, 3.8) is 0 Å². The Morgan fingerprint density at radius 3 is 2.82 bits per heavy atom. The highest BCUT2D eigenvalue weighted by Gasteiger charge is 2.30. The van der Waals surface area contributed by atoms with E-state index in [1.54, 1.807) is 0 Å². The molecule has 0 saturated heterocycles. The molecule has 1 aliphatic carbocycles. The molecule has 1 aliphatic rings. The van der Waals surface area contributed by atoms with E-state index in [1.807, 2.05) is 18.2 Å². The summed E-state index contributed by atoms with van der Waals surface area (Å²) in [6, 6.07) is 6.50. The Bertz CT molecular complexity index is 401. The van der Waals surface area contributed by atoms with Gasteiger partial charge < -0.3 is 11.1 Å². The quantitative estimate of drug-likeness (QED) is 0.807. The van der Waals surface area contributed by atoms with Gasteiger partial charge in [0.2, 0.25) is 0 Å².